The van der Waals surface area contributed by atoms with Crippen LogP contribution in [0.25, 0.3) is 21.5 Å². The molecule has 0 aliphatic rings. The standard InChI is InChI=1S/C20H22O/c1-2-3-4-7-13-21-20-12-8-11-18-14-16-9-5-6-10-17(16)15-19(18)20/h5-6,8-12,14-15H,2-4,7,13H2,1H3. The largest absolute Gasteiger partial charge is 0.493 e. The van der Waals surface area contributed by atoms with Crippen molar-refractivity contribution in [3.63, 3.8) is 0 Å². The molecule has 0 spiro atoms. The van der Waals surface area contributed by atoms with Crippen molar-refractivity contribution in [1.82, 2.24) is 0 Å². The normalized spacial score (nSPS) is 11.1. The van der Waals surface area contributed by atoms with Crippen molar-refractivity contribution < 1.29 is 4.74 Å². The van der Waals surface area contributed by atoms with E-state index in [1.165, 1.54) is 40.8 Å². The van der Waals surface area contributed by atoms with E-state index in [2.05, 4.69) is 61.5 Å². The molecule has 3 aromatic carbocycles. The minimum atomic E-state index is 0.811. The number of benzene rings is 3. The molecular weight excluding hydrogens is 256 g/mol. The lowest BCUT2D eigenvalue weighted by Crippen LogP contribution is -1.97. The van der Waals surface area contributed by atoms with Gasteiger partial charge in [0.25, 0.3) is 0 Å². The molecule has 0 unspecified atom stereocenters. The molecule has 0 amide bonds. The Labute approximate surface area is 126 Å². The highest BCUT2D eigenvalue weighted by Crippen LogP contribution is 2.30. The third-order valence-electron chi connectivity index (χ3n) is 3.96. The van der Waals surface area contributed by atoms with Gasteiger partial charge < -0.3 is 4.74 Å². The Balaban J connectivity index is 1.86. The Morgan fingerprint density at radius 3 is 2.33 bits per heavy atom. The molecule has 0 radical (unpaired) electrons. The second kappa shape index (κ2) is 6.62. The van der Waals surface area contributed by atoms with Crippen molar-refractivity contribution in [3.8, 4) is 5.75 Å². The first-order chi connectivity index (χ1) is 10.4. The second-order valence-electron chi connectivity index (χ2n) is 5.59. The van der Waals surface area contributed by atoms with Crippen LogP contribution < -0.4 is 4.74 Å². The summed E-state index contributed by atoms with van der Waals surface area (Å²) in [6.45, 7) is 3.04. The molecule has 0 fully saturated rings. The minimum Gasteiger partial charge on any atom is -0.493 e. The second-order valence-corrected chi connectivity index (χ2v) is 5.59. The number of ether oxygens (including phenoxy) is 1. The van der Waals surface area contributed by atoms with Gasteiger partial charge in [0, 0.05) is 5.39 Å². The van der Waals surface area contributed by atoms with E-state index in [0.717, 1.165) is 18.8 Å². The van der Waals surface area contributed by atoms with E-state index in [9.17, 15) is 0 Å². The van der Waals surface area contributed by atoms with Gasteiger partial charge in [-0.15, -0.1) is 0 Å². The molecule has 3 rings (SSSR count). The molecule has 0 aromatic heterocycles. The van der Waals surface area contributed by atoms with Gasteiger partial charge in [-0.3, -0.25) is 0 Å². The lowest BCUT2D eigenvalue weighted by atomic mass is 10.0. The van der Waals surface area contributed by atoms with Crippen molar-refractivity contribution in [1.29, 1.82) is 0 Å². The predicted octanol–water partition coefficient (Wildman–Crippen LogP) is 5.95. The Morgan fingerprint density at radius 1 is 0.762 bits per heavy atom. The van der Waals surface area contributed by atoms with Crippen molar-refractivity contribution in [3.05, 3.63) is 54.6 Å². The first-order valence-corrected chi connectivity index (χ1v) is 7.93. The van der Waals surface area contributed by atoms with Gasteiger partial charge in [0.15, 0.2) is 0 Å². The van der Waals surface area contributed by atoms with Gasteiger partial charge in [-0.2, -0.15) is 0 Å². The molecule has 0 bridgehead atoms. The summed E-state index contributed by atoms with van der Waals surface area (Å²) in [6.07, 6.45) is 4.95. The summed E-state index contributed by atoms with van der Waals surface area (Å²) < 4.78 is 6.01. The molecule has 0 heterocycles. The summed E-state index contributed by atoms with van der Waals surface area (Å²) in [5, 5.41) is 5.02. The van der Waals surface area contributed by atoms with Gasteiger partial charge in [-0.25, -0.2) is 0 Å². The van der Waals surface area contributed by atoms with Crippen LogP contribution in [0, 0.1) is 0 Å². The van der Waals surface area contributed by atoms with Crippen LogP contribution in [0.4, 0.5) is 0 Å². The molecule has 108 valence electrons. The number of hydrogen-bond acceptors (Lipinski definition) is 1. The van der Waals surface area contributed by atoms with Crippen LogP contribution in [-0.2, 0) is 0 Å². The van der Waals surface area contributed by atoms with E-state index in [1.54, 1.807) is 0 Å². The summed E-state index contributed by atoms with van der Waals surface area (Å²) in [5.74, 6) is 1.01. The number of rotatable bonds is 6. The van der Waals surface area contributed by atoms with Gasteiger partial charge in [-0.1, -0.05) is 62.6 Å². The fourth-order valence-electron chi connectivity index (χ4n) is 2.77. The number of fused-ring (bicyclic) bond motifs is 2. The monoisotopic (exact) mass is 278 g/mol. The number of unbranched alkanes of at least 4 members (excludes halogenated alkanes) is 3. The number of hydrogen-bond donors (Lipinski definition) is 0. The molecule has 1 heteroatoms. The van der Waals surface area contributed by atoms with Crippen LogP contribution in [0.2, 0.25) is 0 Å². The molecule has 0 saturated heterocycles. The molecule has 21 heavy (non-hydrogen) atoms. The summed E-state index contributed by atoms with van der Waals surface area (Å²) in [4.78, 5) is 0. The fourth-order valence-corrected chi connectivity index (χ4v) is 2.77. The maximum atomic E-state index is 6.01. The molecule has 0 saturated carbocycles. The molecule has 0 N–H and O–H groups in total. The molecular formula is C20H22O. The van der Waals surface area contributed by atoms with E-state index in [-0.39, 0.29) is 0 Å². The summed E-state index contributed by atoms with van der Waals surface area (Å²) in [6, 6.07) is 19.3. The lowest BCUT2D eigenvalue weighted by molar-refractivity contribution is 0.308. The molecule has 3 aromatic rings. The Bertz CT molecular complexity index is 730. The third-order valence-corrected chi connectivity index (χ3v) is 3.96. The van der Waals surface area contributed by atoms with E-state index in [4.69, 9.17) is 4.74 Å². The molecule has 0 atom stereocenters. The van der Waals surface area contributed by atoms with E-state index in [1.807, 2.05) is 0 Å². The highest BCUT2D eigenvalue weighted by atomic mass is 16.5. The minimum absolute atomic E-state index is 0.811. The van der Waals surface area contributed by atoms with Gasteiger partial charge in [-0.05, 0) is 40.8 Å². The van der Waals surface area contributed by atoms with Gasteiger partial charge in [0.1, 0.15) is 5.75 Å². The van der Waals surface area contributed by atoms with Gasteiger partial charge >= 0.3 is 0 Å². The van der Waals surface area contributed by atoms with Crippen LogP contribution >= 0.6 is 0 Å². The smallest absolute Gasteiger partial charge is 0.127 e. The average Bonchev–Trinajstić information content (AvgIpc) is 2.53. The van der Waals surface area contributed by atoms with Crippen LogP contribution in [0.15, 0.2) is 54.6 Å². The average molecular weight is 278 g/mol. The van der Waals surface area contributed by atoms with Crippen molar-refractivity contribution in [2.24, 2.45) is 0 Å². The SMILES string of the molecule is CCCCCCOc1cccc2cc3ccccc3cc12. The van der Waals surface area contributed by atoms with E-state index >= 15 is 0 Å². The van der Waals surface area contributed by atoms with Crippen LogP contribution in [0.3, 0.4) is 0 Å². The highest BCUT2D eigenvalue weighted by molar-refractivity contribution is 6.00. The van der Waals surface area contributed by atoms with Crippen LogP contribution in [-0.4, -0.2) is 6.61 Å². The topological polar surface area (TPSA) is 9.23 Å². The lowest BCUT2D eigenvalue weighted by Gasteiger charge is -2.10. The Morgan fingerprint density at radius 2 is 1.52 bits per heavy atom. The zero-order valence-corrected chi connectivity index (χ0v) is 12.6. The van der Waals surface area contributed by atoms with Crippen molar-refractivity contribution in [2.45, 2.75) is 32.6 Å². The zero-order valence-electron chi connectivity index (χ0n) is 12.6. The van der Waals surface area contributed by atoms with Gasteiger partial charge in [0.05, 0.1) is 6.61 Å². The zero-order chi connectivity index (χ0) is 14.5. The van der Waals surface area contributed by atoms with Crippen molar-refractivity contribution >= 4 is 21.5 Å². The van der Waals surface area contributed by atoms with E-state index < -0.39 is 0 Å². The Hall–Kier alpha value is -2.02. The Kier molecular flexibility index (Phi) is 4.40. The summed E-state index contributed by atoms with van der Waals surface area (Å²) in [7, 11) is 0. The molecule has 0 aliphatic heterocycles. The molecule has 1 nitrogen and oxygen atoms in total. The maximum Gasteiger partial charge on any atom is 0.127 e. The first kappa shape index (κ1) is 13.9. The summed E-state index contributed by atoms with van der Waals surface area (Å²) >= 11 is 0. The first-order valence-electron chi connectivity index (χ1n) is 7.93. The molecule has 0 aliphatic carbocycles. The predicted molar refractivity (Wildman–Crippen MR) is 91.1 cm³/mol. The van der Waals surface area contributed by atoms with Crippen LogP contribution in [0.5, 0.6) is 5.75 Å². The van der Waals surface area contributed by atoms with Crippen LogP contribution in [0.1, 0.15) is 32.6 Å². The van der Waals surface area contributed by atoms with E-state index in [0.29, 0.717) is 0 Å². The fraction of sp³-hybridized carbons (Fsp3) is 0.300. The third kappa shape index (κ3) is 3.18. The van der Waals surface area contributed by atoms with Crippen molar-refractivity contribution in [2.75, 3.05) is 6.61 Å². The van der Waals surface area contributed by atoms with Gasteiger partial charge in [0.2, 0.25) is 0 Å². The quantitative estimate of drug-likeness (QED) is 0.400. The summed E-state index contributed by atoms with van der Waals surface area (Å²) in [5.41, 5.74) is 0. The highest BCUT2D eigenvalue weighted by Gasteiger charge is 2.04. The maximum absolute atomic E-state index is 6.01.